The molecule has 0 N–H and O–H groups in total. The minimum Gasteiger partial charge on any atom is -0.466 e. The summed E-state index contributed by atoms with van der Waals surface area (Å²) in [6, 6.07) is 0. The van der Waals surface area contributed by atoms with Crippen LogP contribution in [0.3, 0.4) is 0 Å². The summed E-state index contributed by atoms with van der Waals surface area (Å²) in [7, 11) is 0. The van der Waals surface area contributed by atoms with Crippen molar-refractivity contribution in [2.75, 3.05) is 13.2 Å². The summed E-state index contributed by atoms with van der Waals surface area (Å²) in [4.78, 5) is 33.4. The first-order valence-corrected chi connectivity index (χ1v) is 4.85. The van der Waals surface area contributed by atoms with Crippen LogP contribution >= 0.6 is 0 Å². The summed E-state index contributed by atoms with van der Waals surface area (Å²) in [5.74, 6) is -2.66. The Bertz CT molecular complexity index is 246. The number of hydrogen-bond donors (Lipinski definition) is 0. The van der Waals surface area contributed by atoms with E-state index in [9.17, 15) is 14.4 Å². The molecular formula is C10H16O5. The largest absolute Gasteiger partial charge is 0.466 e. The molecule has 1 unspecified atom stereocenters. The second-order valence-corrected chi connectivity index (χ2v) is 2.92. The van der Waals surface area contributed by atoms with Gasteiger partial charge in [0.2, 0.25) is 0 Å². The lowest BCUT2D eigenvalue weighted by Crippen LogP contribution is -2.27. The molecule has 0 spiro atoms. The first kappa shape index (κ1) is 13.6. The summed E-state index contributed by atoms with van der Waals surface area (Å²) in [6.07, 6.45) is -0.248. The average Bonchev–Trinajstić information content (AvgIpc) is 2.14. The van der Waals surface area contributed by atoms with E-state index in [1.807, 2.05) is 0 Å². The summed E-state index contributed by atoms with van der Waals surface area (Å²) < 4.78 is 9.33. The van der Waals surface area contributed by atoms with Gasteiger partial charge in [-0.3, -0.25) is 14.4 Å². The Morgan fingerprint density at radius 2 is 1.87 bits per heavy atom. The van der Waals surface area contributed by atoms with Crippen LogP contribution < -0.4 is 0 Å². The topological polar surface area (TPSA) is 69.7 Å². The fourth-order valence-corrected chi connectivity index (χ4v) is 1.02. The third-order valence-corrected chi connectivity index (χ3v) is 1.74. The predicted octanol–water partition coefficient (Wildman–Crippen LogP) is 0.708. The van der Waals surface area contributed by atoms with Gasteiger partial charge in [0.25, 0.3) is 0 Å². The zero-order valence-corrected chi connectivity index (χ0v) is 9.24. The third kappa shape index (κ3) is 5.15. The fourth-order valence-electron chi connectivity index (χ4n) is 1.02. The van der Waals surface area contributed by atoms with Gasteiger partial charge in [-0.15, -0.1) is 0 Å². The summed E-state index contributed by atoms with van der Waals surface area (Å²) in [5.41, 5.74) is 0. The minimum absolute atomic E-state index is 0.186. The molecule has 5 heteroatoms. The molecule has 0 saturated heterocycles. The lowest BCUT2D eigenvalue weighted by Gasteiger charge is -2.11. The highest BCUT2D eigenvalue weighted by molar-refractivity contribution is 6.00. The predicted molar refractivity (Wildman–Crippen MR) is 52.1 cm³/mol. The van der Waals surface area contributed by atoms with Crippen LogP contribution in [0.5, 0.6) is 0 Å². The van der Waals surface area contributed by atoms with E-state index in [0.29, 0.717) is 0 Å². The molecule has 5 nitrogen and oxygen atoms in total. The van der Waals surface area contributed by atoms with Gasteiger partial charge in [-0.2, -0.15) is 0 Å². The van der Waals surface area contributed by atoms with Crippen LogP contribution in [0.4, 0.5) is 0 Å². The molecule has 15 heavy (non-hydrogen) atoms. The molecule has 0 aromatic heterocycles. The minimum atomic E-state index is -1.04. The number of esters is 2. The molecule has 0 bridgehead atoms. The van der Waals surface area contributed by atoms with Crippen molar-refractivity contribution in [3.05, 3.63) is 0 Å². The molecule has 0 aromatic carbocycles. The van der Waals surface area contributed by atoms with Crippen molar-refractivity contribution in [3.8, 4) is 0 Å². The monoisotopic (exact) mass is 218 g/mol. The summed E-state index contributed by atoms with van der Waals surface area (Å²) >= 11 is 0. The Hall–Kier alpha value is -1.39. The van der Waals surface area contributed by atoms with Crippen molar-refractivity contribution in [2.24, 2.45) is 5.92 Å². The molecule has 0 amide bonds. The highest BCUT2D eigenvalue weighted by Gasteiger charge is 2.28. The van der Waals surface area contributed by atoms with E-state index in [4.69, 9.17) is 0 Å². The maximum Gasteiger partial charge on any atom is 0.317 e. The van der Waals surface area contributed by atoms with Gasteiger partial charge in [-0.25, -0.2) is 0 Å². The Morgan fingerprint density at radius 1 is 1.27 bits per heavy atom. The maximum atomic E-state index is 11.3. The molecule has 0 radical (unpaired) electrons. The van der Waals surface area contributed by atoms with Crippen LogP contribution in [0.1, 0.15) is 27.2 Å². The zero-order chi connectivity index (χ0) is 11.8. The zero-order valence-electron chi connectivity index (χ0n) is 9.24. The molecule has 0 saturated carbocycles. The number of hydrogen-bond acceptors (Lipinski definition) is 5. The normalized spacial score (nSPS) is 11.7. The highest BCUT2D eigenvalue weighted by Crippen LogP contribution is 2.08. The van der Waals surface area contributed by atoms with Crippen LogP contribution in [0, 0.1) is 5.92 Å². The van der Waals surface area contributed by atoms with Gasteiger partial charge >= 0.3 is 11.9 Å². The summed E-state index contributed by atoms with van der Waals surface area (Å²) in [5, 5.41) is 0. The molecule has 1 atom stereocenters. The Morgan fingerprint density at radius 3 is 2.27 bits per heavy atom. The van der Waals surface area contributed by atoms with Crippen molar-refractivity contribution in [3.63, 3.8) is 0 Å². The molecule has 0 aliphatic heterocycles. The fraction of sp³-hybridized carbons (Fsp3) is 0.700. The van der Waals surface area contributed by atoms with Gasteiger partial charge in [-0.05, 0) is 20.8 Å². The van der Waals surface area contributed by atoms with E-state index in [-0.39, 0.29) is 25.4 Å². The van der Waals surface area contributed by atoms with E-state index in [1.165, 1.54) is 6.92 Å². The lowest BCUT2D eigenvalue weighted by atomic mass is 10.1. The van der Waals surface area contributed by atoms with Gasteiger partial charge in [0.1, 0.15) is 11.7 Å². The number of ketones is 1. The number of ether oxygens (including phenoxy) is 2. The van der Waals surface area contributed by atoms with Crippen LogP contribution in [0.2, 0.25) is 0 Å². The third-order valence-electron chi connectivity index (χ3n) is 1.74. The molecule has 0 fully saturated rings. The molecule has 0 aliphatic carbocycles. The van der Waals surface area contributed by atoms with E-state index in [0.717, 1.165) is 0 Å². The van der Waals surface area contributed by atoms with E-state index in [1.54, 1.807) is 13.8 Å². The van der Waals surface area contributed by atoms with Crippen molar-refractivity contribution in [1.82, 2.24) is 0 Å². The van der Waals surface area contributed by atoms with Gasteiger partial charge in [0.15, 0.2) is 0 Å². The SMILES string of the molecule is CCOC(=O)C(C[14C](=O)OCC)C(C)=O. The molecule has 0 heterocycles. The van der Waals surface area contributed by atoms with E-state index >= 15 is 0 Å². The maximum absolute atomic E-state index is 11.3. The number of Topliss-reactive ketones (excluding diaryl/α,β-unsaturated/α-hetero) is 1. The number of carbonyl (C=O) groups is 3. The molecule has 0 rings (SSSR count). The second kappa shape index (κ2) is 6.98. The Labute approximate surface area is 88.7 Å². The highest BCUT2D eigenvalue weighted by atomic mass is 16.8. The van der Waals surface area contributed by atoms with Crippen molar-refractivity contribution in [1.29, 1.82) is 0 Å². The van der Waals surface area contributed by atoms with Gasteiger partial charge in [0, 0.05) is 0 Å². The van der Waals surface area contributed by atoms with Crippen molar-refractivity contribution < 1.29 is 23.9 Å². The lowest BCUT2D eigenvalue weighted by molar-refractivity contribution is -0.157. The van der Waals surface area contributed by atoms with Crippen LogP contribution in [0.25, 0.3) is 0 Å². The quantitative estimate of drug-likeness (QED) is 0.485. The Balaban J connectivity index is 4.34. The first-order valence-electron chi connectivity index (χ1n) is 4.85. The van der Waals surface area contributed by atoms with Crippen molar-refractivity contribution in [2.45, 2.75) is 27.2 Å². The first-order chi connectivity index (χ1) is 7.02. The Kier molecular flexibility index (Phi) is 6.33. The molecule has 0 aliphatic rings. The average molecular weight is 218 g/mol. The second-order valence-electron chi connectivity index (χ2n) is 2.92. The molecular weight excluding hydrogens is 202 g/mol. The number of rotatable bonds is 6. The number of carbonyl (C=O) groups excluding carboxylic acids is 3. The van der Waals surface area contributed by atoms with Gasteiger partial charge in [0.05, 0.1) is 19.6 Å². The van der Waals surface area contributed by atoms with E-state index in [2.05, 4.69) is 9.47 Å². The van der Waals surface area contributed by atoms with E-state index < -0.39 is 17.9 Å². The van der Waals surface area contributed by atoms with Crippen LogP contribution in [0.15, 0.2) is 0 Å². The van der Waals surface area contributed by atoms with Crippen LogP contribution in [-0.4, -0.2) is 30.9 Å². The standard InChI is InChI=1S/C10H16O5/c1-4-14-9(12)6-8(7(3)11)10(13)15-5-2/h8H,4-6H2,1-3H3/i9+2. The van der Waals surface area contributed by atoms with Gasteiger partial charge in [-0.1, -0.05) is 0 Å². The van der Waals surface area contributed by atoms with Gasteiger partial charge < -0.3 is 9.47 Å². The van der Waals surface area contributed by atoms with Crippen LogP contribution in [-0.2, 0) is 23.9 Å². The van der Waals surface area contributed by atoms with Crippen molar-refractivity contribution >= 4 is 17.7 Å². The molecule has 0 aromatic rings. The summed E-state index contributed by atoms with van der Waals surface area (Å²) in [6.45, 7) is 4.96. The smallest absolute Gasteiger partial charge is 0.317 e. The molecule has 86 valence electrons.